The second-order valence-electron chi connectivity index (χ2n) is 4.40. The number of hydrogen-bond donors (Lipinski definition) is 2. The number of nitro groups is 1. The van der Waals surface area contributed by atoms with Crippen molar-refractivity contribution in [2.45, 2.75) is 13.0 Å². The van der Waals surface area contributed by atoms with Gasteiger partial charge in [0.2, 0.25) is 0 Å². The first kappa shape index (κ1) is 14.9. The minimum atomic E-state index is -0.927. The number of thiophene rings is 1. The van der Waals surface area contributed by atoms with Gasteiger partial charge in [0.15, 0.2) is 5.82 Å². The van der Waals surface area contributed by atoms with Crippen molar-refractivity contribution in [1.29, 1.82) is 0 Å². The second-order valence-corrected chi connectivity index (χ2v) is 5.18. The molecule has 0 spiro atoms. The summed E-state index contributed by atoms with van der Waals surface area (Å²) in [5, 5.41) is 17.3. The third kappa shape index (κ3) is 3.16. The number of halogens is 1. The number of nitrogen functional groups attached to an aromatic ring is 1. The Morgan fingerprint density at radius 1 is 1.52 bits per heavy atom. The zero-order chi connectivity index (χ0) is 15.6. The first-order chi connectivity index (χ1) is 9.90. The third-order valence-corrected chi connectivity index (χ3v) is 3.65. The number of amides is 1. The number of benzene rings is 1. The van der Waals surface area contributed by atoms with Gasteiger partial charge in [-0.15, -0.1) is 0 Å². The van der Waals surface area contributed by atoms with E-state index < -0.39 is 22.3 Å². The zero-order valence-corrected chi connectivity index (χ0v) is 11.8. The summed E-state index contributed by atoms with van der Waals surface area (Å²) in [6.45, 7) is 1.75. The fourth-order valence-corrected chi connectivity index (χ4v) is 2.55. The van der Waals surface area contributed by atoms with E-state index in [4.69, 9.17) is 5.73 Å². The molecule has 0 aliphatic rings. The molecule has 1 unspecified atom stereocenters. The fraction of sp³-hybridized carbons (Fsp3) is 0.154. The summed E-state index contributed by atoms with van der Waals surface area (Å²) >= 11 is 1.47. The number of carbonyl (C=O) groups excluding carboxylic acids is 1. The van der Waals surface area contributed by atoms with E-state index >= 15 is 0 Å². The van der Waals surface area contributed by atoms with Crippen LogP contribution in [0.2, 0.25) is 0 Å². The van der Waals surface area contributed by atoms with Gasteiger partial charge in [-0.05, 0) is 35.4 Å². The number of carbonyl (C=O) groups is 1. The normalized spacial score (nSPS) is 11.9. The van der Waals surface area contributed by atoms with Gasteiger partial charge in [0, 0.05) is 0 Å². The fourth-order valence-electron chi connectivity index (χ4n) is 1.79. The molecule has 1 aromatic carbocycles. The molecule has 3 N–H and O–H groups in total. The SMILES string of the molecule is CC(NC(=O)c1cc(N)c(F)cc1[N+](=O)[O-])c1ccsc1. The predicted molar refractivity (Wildman–Crippen MR) is 77.7 cm³/mol. The number of hydrogen-bond acceptors (Lipinski definition) is 5. The Morgan fingerprint density at radius 3 is 2.81 bits per heavy atom. The Morgan fingerprint density at radius 2 is 2.24 bits per heavy atom. The standard InChI is InChI=1S/C13H12FN3O3S/c1-7(8-2-3-21-6-8)16-13(18)9-4-11(15)10(14)5-12(9)17(19)20/h2-7H,15H2,1H3,(H,16,18). The van der Waals surface area contributed by atoms with Gasteiger partial charge in [-0.2, -0.15) is 11.3 Å². The van der Waals surface area contributed by atoms with Crippen molar-refractivity contribution in [3.8, 4) is 0 Å². The van der Waals surface area contributed by atoms with Crippen LogP contribution in [0.3, 0.4) is 0 Å². The van der Waals surface area contributed by atoms with E-state index in [0.717, 1.165) is 11.6 Å². The lowest BCUT2D eigenvalue weighted by molar-refractivity contribution is -0.385. The van der Waals surface area contributed by atoms with E-state index in [9.17, 15) is 19.3 Å². The zero-order valence-electron chi connectivity index (χ0n) is 11.0. The lowest BCUT2D eigenvalue weighted by atomic mass is 10.1. The van der Waals surface area contributed by atoms with Crippen molar-refractivity contribution in [3.05, 3.63) is 56.0 Å². The van der Waals surface area contributed by atoms with Gasteiger partial charge in [0.1, 0.15) is 5.56 Å². The summed E-state index contributed by atoms with van der Waals surface area (Å²) in [7, 11) is 0. The van der Waals surface area contributed by atoms with Gasteiger partial charge in [-0.3, -0.25) is 14.9 Å². The Hall–Kier alpha value is -2.48. The smallest absolute Gasteiger partial charge is 0.285 e. The number of nitrogens with two attached hydrogens (primary N) is 1. The Labute approximate surface area is 123 Å². The number of nitrogens with zero attached hydrogens (tertiary/aromatic N) is 1. The van der Waals surface area contributed by atoms with E-state index in [1.165, 1.54) is 11.3 Å². The third-order valence-electron chi connectivity index (χ3n) is 2.95. The molecule has 8 heteroatoms. The molecule has 0 bridgehead atoms. The van der Waals surface area contributed by atoms with Crippen LogP contribution in [0, 0.1) is 15.9 Å². The summed E-state index contributed by atoms with van der Waals surface area (Å²) in [6, 6.07) is 3.14. The highest BCUT2D eigenvalue weighted by molar-refractivity contribution is 7.07. The van der Waals surface area contributed by atoms with E-state index in [0.29, 0.717) is 6.07 Å². The molecule has 6 nitrogen and oxygen atoms in total. The van der Waals surface area contributed by atoms with Gasteiger partial charge in [-0.1, -0.05) is 0 Å². The molecule has 1 heterocycles. The minimum absolute atomic E-state index is 0.263. The number of nitro benzene ring substituents is 1. The highest BCUT2D eigenvalue weighted by Crippen LogP contribution is 2.25. The van der Waals surface area contributed by atoms with Crippen molar-refractivity contribution in [2.24, 2.45) is 0 Å². The molecule has 0 fully saturated rings. The quantitative estimate of drug-likeness (QED) is 0.515. The summed E-state index contributed by atoms with van der Waals surface area (Å²) in [5.74, 6) is -1.60. The van der Waals surface area contributed by atoms with Crippen LogP contribution in [0.25, 0.3) is 0 Å². The Bertz CT molecular complexity index is 688. The monoisotopic (exact) mass is 309 g/mol. The Balaban J connectivity index is 2.30. The van der Waals surface area contributed by atoms with Gasteiger partial charge in [0.25, 0.3) is 11.6 Å². The van der Waals surface area contributed by atoms with E-state index in [-0.39, 0.29) is 17.3 Å². The van der Waals surface area contributed by atoms with Crippen LogP contribution in [0.4, 0.5) is 15.8 Å². The molecule has 0 aliphatic heterocycles. The molecule has 2 rings (SSSR count). The van der Waals surface area contributed by atoms with Crippen molar-refractivity contribution in [3.63, 3.8) is 0 Å². The molecule has 1 aromatic heterocycles. The average Bonchev–Trinajstić information content (AvgIpc) is 2.95. The molecule has 0 radical (unpaired) electrons. The van der Waals surface area contributed by atoms with Crippen LogP contribution in [-0.2, 0) is 0 Å². The highest BCUT2D eigenvalue weighted by atomic mass is 32.1. The molecule has 1 amide bonds. The maximum absolute atomic E-state index is 13.3. The van der Waals surface area contributed by atoms with E-state index in [2.05, 4.69) is 5.32 Å². The van der Waals surface area contributed by atoms with Crippen molar-refractivity contribution in [2.75, 3.05) is 5.73 Å². The molecule has 0 saturated carbocycles. The highest BCUT2D eigenvalue weighted by Gasteiger charge is 2.24. The molecule has 0 aliphatic carbocycles. The molecular formula is C13H12FN3O3S. The van der Waals surface area contributed by atoms with Crippen LogP contribution in [0.5, 0.6) is 0 Å². The van der Waals surface area contributed by atoms with Crippen LogP contribution in [-0.4, -0.2) is 10.8 Å². The topological polar surface area (TPSA) is 98.3 Å². The maximum Gasteiger partial charge on any atom is 0.285 e. The van der Waals surface area contributed by atoms with E-state index in [1.54, 1.807) is 6.92 Å². The van der Waals surface area contributed by atoms with Crippen LogP contribution >= 0.6 is 11.3 Å². The van der Waals surface area contributed by atoms with Crippen molar-refractivity contribution in [1.82, 2.24) is 5.32 Å². The van der Waals surface area contributed by atoms with Gasteiger partial charge < -0.3 is 11.1 Å². The van der Waals surface area contributed by atoms with Crippen LogP contribution in [0.1, 0.15) is 28.9 Å². The number of nitrogens with one attached hydrogen (secondary N) is 1. The molecule has 2 aromatic rings. The average molecular weight is 309 g/mol. The molecular weight excluding hydrogens is 297 g/mol. The molecule has 0 saturated heterocycles. The number of rotatable bonds is 4. The van der Waals surface area contributed by atoms with Crippen molar-refractivity contribution >= 4 is 28.6 Å². The molecule has 1 atom stereocenters. The largest absolute Gasteiger partial charge is 0.396 e. The minimum Gasteiger partial charge on any atom is -0.396 e. The molecule has 21 heavy (non-hydrogen) atoms. The van der Waals surface area contributed by atoms with Crippen molar-refractivity contribution < 1.29 is 14.1 Å². The first-order valence-electron chi connectivity index (χ1n) is 5.96. The van der Waals surface area contributed by atoms with Crippen LogP contribution in [0.15, 0.2) is 29.0 Å². The summed E-state index contributed by atoms with van der Waals surface area (Å²) in [6.07, 6.45) is 0. The van der Waals surface area contributed by atoms with Gasteiger partial charge in [0.05, 0.1) is 22.7 Å². The van der Waals surface area contributed by atoms with E-state index in [1.807, 2.05) is 16.8 Å². The summed E-state index contributed by atoms with van der Waals surface area (Å²) < 4.78 is 13.3. The summed E-state index contributed by atoms with van der Waals surface area (Å²) in [5.41, 5.74) is 5.07. The second kappa shape index (κ2) is 5.88. The maximum atomic E-state index is 13.3. The Kier molecular flexibility index (Phi) is 4.18. The van der Waals surface area contributed by atoms with Gasteiger partial charge in [-0.25, -0.2) is 4.39 Å². The number of anilines is 1. The lowest BCUT2D eigenvalue weighted by Crippen LogP contribution is -2.27. The predicted octanol–water partition coefficient (Wildman–Crippen LogP) is 2.87. The van der Waals surface area contributed by atoms with Gasteiger partial charge >= 0.3 is 0 Å². The summed E-state index contributed by atoms with van der Waals surface area (Å²) in [4.78, 5) is 22.3. The first-order valence-corrected chi connectivity index (χ1v) is 6.90. The molecule has 110 valence electrons. The lowest BCUT2D eigenvalue weighted by Gasteiger charge is -2.13. The van der Waals surface area contributed by atoms with Crippen LogP contribution < -0.4 is 11.1 Å².